The van der Waals surface area contributed by atoms with Crippen LogP contribution in [0, 0.1) is 6.92 Å². The number of piperidine rings is 1. The predicted molar refractivity (Wildman–Crippen MR) is 97.5 cm³/mol. The lowest BCUT2D eigenvalue weighted by Crippen LogP contribution is -2.43. The molecule has 0 saturated carbocycles. The maximum Gasteiger partial charge on any atom is 0.244 e. The fraction of sp³-hybridized carbons (Fsp3) is 0.400. The van der Waals surface area contributed by atoms with Crippen LogP contribution >= 0.6 is 0 Å². The van der Waals surface area contributed by atoms with Gasteiger partial charge in [0.1, 0.15) is 11.8 Å². The summed E-state index contributed by atoms with van der Waals surface area (Å²) >= 11 is 0. The van der Waals surface area contributed by atoms with Crippen molar-refractivity contribution < 1.29 is 9.53 Å². The van der Waals surface area contributed by atoms with Crippen molar-refractivity contribution in [2.75, 3.05) is 20.2 Å². The minimum absolute atomic E-state index is 0.00967. The molecule has 0 bridgehead atoms. The van der Waals surface area contributed by atoms with E-state index in [0.29, 0.717) is 5.92 Å². The van der Waals surface area contributed by atoms with E-state index in [2.05, 4.69) is 4.98 Å². The van der Waals surface area contributed by atoms with Crippen LogP contribution in [0.4, 0.5) is 0 Å². The van der Waals surface area contributed by atoms with Crippen molar-refractivity contribution in [3.8, 4) is 5.75 Å². The van der Waals surface area contributed by atoms with Crippen LogP contribution in [0.1, 0.15) is 41.6 Å². The van der Waals surface area contributed by atoms with Crippen LogP contribution < -0.4 is 10.5 Å². The summed E-state index contributed by atoms with van der Waals surface area (Å²) in [6.45, 7) is 3.43. The second-order valence-corrected chi connectivity index (χ2v) is 6.56. The number of rotatable bonds is 4. The lowest BCUT2D eigenvalue weighted by Gasteiger charge is -2.33. The van der Waals surface area contributed by atoms with Gasteiger partial charge in [0.15, 0.2) is 0 Å². The number of hydrogen-bond acceptors (Lipinski definition) is 4. The molecule has 2 aromatic rings. The van der Waals surface area contributed by atoms with Gasteiger partial charge in [-0.3, -0.25) is 9.78 Å². The Kier molecular flexibility index (Phi) is 5.34. The normalized spacial score (nSPS) is 16.5. The Bertz CT molecular complexity index is 722. The van der Waals surface area contributed by atoms with Crippen LogP contribution in [0.25, 0.3) is 0 Å². The fourth-order valence-corrected chi connectivity index (χ4v) is 3.42. The van der Waals surface area contributed by atoms with Crippen LogP contribution in [-0.2, 0) is 4.79 Å². The smallest absolute Gasteiger partial charge is 0.244 e. The van der Waals surface area contributed by atoms with Gasteiger partial charge in [-0.25, -0.2) is 0 Å². The van der Waals surface area contributed by atoms with Gasteiger partial charge in [0.25, 0.3) is 0 Å². The quantitative estimate of drug-likeness (QED) is 0.930. The zero-order chi connectivity index (χ0) is 17.8. The standard InChI is InChI=1S/C20H25N3O2/c1-14-5-3-4-6-17(14)19(21)20(24)23-11-9-15(10-12-23)18-8-7-16(25-2)13-22-18/h3-8,13,15,19H,9-12,21H2,1-2H3/t19-/m1/s1. The molecule has 5 heteroatoms. The van der Waals surface area contributed by atoms with Gasteiger partial charge in [-0.05, 0) is 43.0 Å². The lowest BCUT2D eigenvalue weighted by molar-refractivity contribution is -0.133. The summed E-state index contributed by atoms with van der Waals surface area (Å²) in [5.74, 6) is 1.15. The topological polar surface area (TPSA) is 68.5 Å². The number of carbonyl (C=O) groups excluding carboxylic acids is 1. The van der Waals surface area contributed by atoms with Crippen molar-refractivity contribution in [2.24, 2.45) is 5.73 Å². The molecule has 25 heavy (non-hydrogen) atoms. The van der Waals surface area contributed by atoms with E-state index in [9.17, 15) is 4.79 Å². The third-order valence-electron chi connectivity index (χ3n) is 5.01. The molecule has 132 valence electrons. The average Bonchev–Trinajstić information content (AvgIpc) is 2.67. The van der Waals surface area contributed by atoms with Gasteiger partial charge in [0.2, 0.25) is 5.91 Å². The van der Waals surface area contributed by atoms with E-state index in [-0.39, 0.29) is 5.91 Å². The van der Waals surface area contributed by atoms with Crippen molar-refractivity contribution >= 4 is 5.91 Å². The third-order valence-corrected chi connectivity index (χ3v) is 5.01. The van der Waals surface area contributed by atoms with Crippen molar-refractivity contribution in [1.29, 1.82) is 0 Å². The molecule has 0 spiro atoms. The highest BCUT2D eigenvalue weighted by molar-refractivity contribution is 5.83. The molecule has 1 aliphatic heterocycles. The zero-order valence-electron chi connectivity index (χ0n) is 14.8. The highest BCUT2D eigenvalue weighted by Crippen LogP contribution is 2.29. The summed E-state index contributed by atoms with van der Waals surface area (Å²) in [5.41, 5.74) is 9.26. The van der Waals surface area contributed by atoms with E-state index in [1.165, 1.54) is 0 Å². The minimum atomic E-state index is -0.586. The number of carbonyl (C=O) groups is 1. The van der Waals surface area contributed by atoms with E-state index >= 15 is 0 Å². The summed E-state index contributed by atoms with van der Waals surface area (Å²) in [4.78, 5) is 19.1. The maximum absolute atomic E-state index is 12.7. The monoisotopic (exact) mass is 339 g/mol. The number of pyridine rings is 1. The summed E-state index contributed by atoms with van der Waals surface area (Å²) in [5, 5.41) is 0. The molecule has 2 N–H and O–H groups in total. The van der Waals surface area contributed by atoms with Crippen LogP contribution in [-0.4, -0.2) is 36.0 Å². The van der Waals surface area contributed by atoms with Crippen molar-refractivity contribution in [1.82, 2.24) is 9.88 Å². The molecule has 1 atom stereocenters. The predicted octanol–water partition coefficient (Wildman–Crippen LogP) is 2.80. The second-order valence-electron chi connectivity index (χ2n) is 6.56. The number of methoxy groups -OCH3 is 1. The molecule has 1 aliphatic rings. The number of hydrogen-bond donors (Lipinski definition) is 1. The van der Waals surface area contributed by atoms with Gasteiger partial charge in [-0.15, -0.1) is 0 Å². The van der Waals surface area contributed by atoms with Crippen LogP contribution in [0.5, 0.6) is 5.75 Å². The molecule has 1 amide bonds. The first-order valence-corrected chi connectivity index (χ1v) is 8.70. The Labute approximate surface area is 148 Å². The first kappa shape index (κ1) is 17.4. The first-order chi connectivity index (χ1) is 12.1. The zero-order valence-corrected chi connectivity index (χ0v) is 14.8. The first-order valence-electron chi connectivity index (χ1n) is 8.70. The number of likely N-dealkylation sites (tertiary alicyclic amines) is 1. The summed E-state index contributed by atoms with van der Waals surface area (Å²) < 4.78 is 5.15. The number of nitrogens with zero attached hydrogens (tertiary/aromatic N) is 2. The molecule has 0 unspecified atom stereocenters. The molecule has 0 radical (unpaired) electrons. The molecule has 1 fully saturated rings. The Morgan fingerprint density at radius 2 is 1.96 bits per heavy atom. The van der Waals surface area contributed by atoms with E-state index < -0.39 is 6.04 Å². The molecular formula is C20H25N3O2. The molecule has 1 aromatic heterocycles. The number of aryl methyl sites for hydroxylation is 1. The summed E-state index contributed by atoms with van der Waals surface area (Å²) in [6, 6.07) is 11.2. The van der Waals surface area contributed by atoms with E-state index in [4.69, 9.17) is 10.5 Å². The SMILES string of the molecule is COc1ccc(C2CCN(C(=O)[C@H](N)c3ccccc3C)CC2)nc1. The Morgan fingerprint density at radius 3 is 2.56 bits per heavy atom. The Morgan fingerprint density at radius 1 is 1.24 bits per heavy atom. The van der Waals surface area contributed by atoms with Gasteiger partial charge < -0.3 is 15.4 Å². The number of amides is 1. The van der Waals surface area contributed by atoms with E-state index in [1.54, 1.807) is 13.3 Å². The maximum atomic E-state index is 12.7. The van der Waals surface area contributed by atoms with Crippen molar-refractivity contribution in [3.05, 3.63) is 59.4 Å². The summed E-state index contributed by atoms with van der Waals surface area (Å²) in [7, 11) is 1.64. The molecular weight excluding hydrogens is 314 g/mol. The van der Waals surface area contributed by atoms with Gasteiger partial charge >= 0.3 is 0 Å². The van der Waals surface area contributed by atoms with Crippen molar-refractivity contribution in [3.63, 3.8) is 0 Å². The largest absolute Gasteiger partial charge is 0.495 e. The van der Waals surface area contributed by atoms with Gasteiger partial charge in [0, 0.05) is 24.7 Å². The average molecular weight is 339 g/mol. The lowest BCUT2D eigenvalue weighted by atomic mass is 9.92. The fourth-order valence-electron chi connectivity index (χ4n) is 3.42. The van der Waals surface area contributed by atoms with Gasteiger partial charge in [-0.1, -0.05) is 24.3 Å². The minimum Gasteiger partial charge on any atom is -0.495 e. The Balaban J connectivity index is 1.61. The highest BCUT2D eigenvalue weighted by atomic mass is 16.5. The second kappa shape index (κ2) is 7.66. The van der Waals surface area contributed by atoms with Crippen LogP contribution in [0.3, 0.4) is 0 Å². The number of benzene rings is 1. The van der Waals surface area contributed by atoms with Gasteiger partial charge in [-0.2, -0.15) is 0 Å². The molecule has 3 rings (SSSR count). The number of ether oxygens (including phenoxy) is 1. The number of aromatic nitrogens is 1. The van der Waals surface area contributed by atoms with Crippen molar-refractivity contribution in [2.45, 2.75) is 31.7 Å². The van der Waals surface area contributed by atoms with Crippen LogP contribution in [0.15, 0.2) is 42.6 Å². The summed E-state index contributed by atoms with van der Waals surface area (Å²) in [6.07, 6.45) is 3.57. The third kappa shape index (κ3) is 3.82. The highest BCUT2D eigenvalue weighted by Gasteiger charge is 2.28. The Hall–Kier alpha value is -2.40. The molecule has 1 aromatic carbocycles. The van der Waals surface area contributed by atoms with E-state index in [1.807, 2.05) is 48.2 Å². The molecule has 5 nitrogen and oxygen atoms in total. The molecule has 2 heterocycles. The van der Waals surface area contributed by atoms with Crippen LogP contribution in [0.2, 0.25) is 0 Å². The van der Waals surface area contributed by atoms with Gasteiger partial charge in [0.05, 0.1) is 13.3 Å². The van der Waals surface area contributed by atoms with E-state index in [0.717, 1.165) is 48.5 Å². The molecule has 1 saturated heterocycles. The molecule has 0 aliphatic carbocycles. The number of nitrogens with two attached hydrogens (primary N) is 1.